The molecule has 6 nitrogen and oxygen atoms in total. The van der Waals surface area contributed by atoms with E-state index in [4.69, 9.17) is 0 Å². The summed E-state index contributed by atoms with van der Waals surface area (Å²) in [7, 11) is 0. The molecule has 2 fully saturated rings. The molecule has 1 N–H and O–H groups in total. The van der Waals surface area contributed by atoms with Gasteiger partial charge in [0.05, 0.1) is 0 Å². The molecule has 6 heteroatoms. The lowest BCUT2D eigenvalue weighted by molar-refractivity contribution is -0.129. The van der Waals surface area contributed by atoms with Gasteiger partial charge < -0.3 is 10.2 Å². The molecule has 3 rings (SSSR count). The Hall–Kier alpha value is -2.37. The van der Waals surface area contributed by atoms with Crippen LogP contribution >= 0.6 is 0 Å². The van der Waals surface area contributed by atoms with E-state index < -0.39 is 0 Å². The van der Waals surface area contributed by atoms with Crippen molar-refractivity contribution in [1.29, 1.82) is 0 Å². The molecule has 4 amide bonds. The number of nitrogens with one attached hydrogen (secondary N) is 1. The number of carbonyl (C=O) groups excluding carboxylic acids is 3. The van der Waals surface area contributed by atoms with Crippen LogP contribution in [0.15, 0.2) is 18.2 Å². The molecule has 1 aromatic rings. The maximum atomic E-state index is 12.2. The summed E-state index contributed by atoms with van der Waals surface area (Å²) in [5, 5.41) is 2.80. The molecule has 0 spiro atoms. The molecular formula is C16H19N3O3. The monoisotopic (exact) mass is 301 g/mol. The molecule has 0 atom stereocenters. The lowest BCUT2D eigenvalue weighted by Crippen LogP contribution is -2.39. The molecule has 1 saturated heterocycles. The normalized spacial score (nSPS) is 18.1. The summed E-state index contributed by atoms with van der Waals surface area (Å²) in [4.78, 5) is 38.9. The Kier molecular flexibility index (Phi) is 3.60. The Morgan fingerprint density at radius 3 is 2.45 bits per heavy atom. The highest BCUT2D eigenvalue weighted by atomic mass is 16.2. The van der Waals surface area contributed by atoms with E-state index in [9.17, 15) is 14.4 Å². The highest BCUT2D eigenvalue weighted by molar-refractivity contribution is 6.06. The first-order chi connectivity index (χ1) is 10.5. The number of para-hydroxylation sites is 1. The van der Waals surface area contributed by atoms with Crippen molar-refractivity contribution in [3.8, 4) is 0 Å². The standard InChI is InChI=1S/C16H19N3O3/c1-10-4-3-5-11(2)15(10)17-13(20)8-19-14(21)9-18(16(19)22)12-6-7-12/h3-5,12H,6-9H2,1-2H3,(H,17,20). The third-order valence-electron chi connectivity index (χ3n) is 4.12. The van der Waals surface area contributed by atoms with Crippen LogP contribution < -0.4 is 5.32 Å². The first-order valence-corrected chi connectivity index (χ1v) is 7.44. The summed E-state index contributed by atoms with van der Waals surface area (Å²) >= 11 is 0. The lowest BCUT2D eigenvalue weighted by Gasteiger charge is -2.17. The van der Waals surface area contributed by atoms with E-state index in [0.717, 1.165) is 34.6 Å². The molecule has 0 radical (unpaired) electrons. The number of anilines is 1. The maximum absolute atomic E-state index is 12.2. The Bertz CT molecular complexity index is 632. The van der Waals surface area contributed by atoms with Gasteiger partial charge in [0.2, 0.25) is 5.91 Å². The summed E-state index contributed by atoms with van der Waals surface area (Å²) < 4.78 is 0. The first kappa shape index (κ1) is 14.6. The van der Waals surface area contributed by atoms with Crippen molar-refractivity contribution in [2.75, 3.05) is 18.4 Å². The molecule has 22 heavy (non-hydrogen) atoms. The van der Waals surface area contributed by atoms with Gasteiger partial charge in [-0.05, 0) is 37.8 Å². The van der Waals surface area contributed by atoms with Gasteiger partial charge in [0.1, 0.15) is 13.1 Å². The van der Waals surface area contributed by atoms with Gasteiger partial charge in [-0.3, -0.25) is 14.5 Å². The number of carbonyl (C=O) groups is 3. The van der Waals surface area contributed by atoms with Crippen molar-refractivity contribution >= 4 is 23.5 Å². The van der Waals surface area contributed by atoms with Crippen LogP contribution in [0.5, 0.6) is 0 Å². The van der Waals surface area contributed by atoms with Gasteiger partial charge in [-0.15, -0.1) is 0 Å². The number of aryl methyl sites for hydroxylation is 2. The number of hydrogen-bond donors (Lipinski definition) is 1. The fourth-order valence-electron chi connectivity index (χ4n) is 2.72. The van der Waals surface area contributed by atoms with Gasteiger partial charge in [-0.2, -0.15) is 0 Å². The SMILES string of the molecule is Cc1cccc(C)c1NC(=O)CN1C(=O)CN(C2CC2)C1=O. The molecule has 1 aliphatic heterocycles. The number of nitrogens with zero attached hydrogens (tertiary/aromatic N) is 2. The fourth-order valence-corrected chi connectivity index (χ4v) is 2.72. The highest BCUT2D eigenvalue weighted by Crippen LogP contribution is 2.30. The first-order valence-electron chi connectivity index (χ1n) is 7.44. The second-order valence-electron chi connectivity index (χ2n) is 5.94. The largest absolute Gasteiger partial charge is 0.327 e. The zero-order chi connectivity index (χ0) is 15.9. The van der Waals surface area contributed by atoms with E-state index in [1.165, 1.54) is 0 Å². The second kappa shape index (κ2) is 5.44. The predicted molar refractivity (Wildman–Crippen MR) is 81.4 cm³/mol. The Morgan fingerprint density at radius 2 is 1.86 bits per heavy atom. The summed E-state index contributed by atoms with van der Waals surface area (Å²) in [6.45, 7) is 3.68. The van der Waals surface area contributed by atoms with E-state index in [1.807, 2.05) is 32.0 Å². The third-order valence-corrected chi connectivity index (χ3v) is 4.12. The van der Waals surface area contributed by atoms with E-state index in [2.05, 4.69) is 5.32 Å². The van der Waals surface area contributed by atoms with E-state index in [1.54, 1.807) is 4.90 Å². The molecule has 116 valence electrons. The van der Waals surface area contributed by atoms with Gasteiger partial charge in [0.25, 0.3) is 5.91 Å². The smallest absolute Gasteiger partial charge is 0.324 e. The van der Waals surface area contributed by atoms with Crippen LogP contribution in [0.1, 0.15) is 24.0 Å². The number of urea groups is 1. The molecule has 0 bridgehead atoms. The minimum atomic E-state index is -0.350. The Balaban J connectivity index is 1.67. The Labute approximate surface area is 129 Å². The van der Waals surface area contributed by atoms with Crippen molar-refractivity contribution < 1.29 is 14.4 Å². The summed E-state index contributed by atoms with van der Waals surface area (Å²) in [5.41, 5.74) is 2.64. The van der Waals surface area contributed by atoms with Crippen LogP contribution in [0.3, 0.4) is 0 Å². The van der Waals surface area contributed by atoms with Gasteiger partial charge >= 0.3 is 6.03 Å². The molecule has 0 aromatic heterocycles. The van der Waals surface area contributed by atoms with E-state index >= 15 is 0 Å². The zero-order valence-corrected chi connectivity index (χ0v) is 12.8. The summed E-state index contributed by atoms with van der Waals surface area (Å²) in [6, 6.07) is 5.57. The topological polar surface area (TPSA) is 69.7 Å². The molecule has 1 heterocycles. The van der Waals surface area contributed by atoms with Crippen LogP contribution in [0.25, 0.3) is 0 Å². The molecule has 0 unspecified atom stereocenters. The van der Waals surface area contributed by atoms with Gasteiger partial charge in [-0.25, -0.2) is 4.79 Å². The van der Waals surface area contributed by atoms with E-state index in [-0.39, 0.29) is 37.0 Å². The number of amides is 4. The highest BCUT2D eigenvalue weighted by Gasteiger charge is 2.44. The predicted octanol–water partition coefficient (Wildman–Crippen LogP) is 1.67. The zero-order valence-electron chi connectivity index (χ0n) is 12.8. The van der Waals surface area contributed by atoms with Crippen molar-refractivity contribution in [3.05, 3.63) is 29.3 Å². The van der Waals surface area contributed by atoms with Crippen LogP contribution in [0, 0.1) is 13.8 Å². The average molecular weight is 301 g/mol. The maximum Gasteiger partial charge on any atom is 0.327 e. The van der Waals surface area contributed by atoms with Crippen molar-refractivity contribution in [1.82, 2.24) is 9.80 Å². The number of rotatable bonds is 4. The fraction of sp³-hybridized carbons (Fsp3) is 0.438. The minimum Gasteiger partial charge on any atom is -0.324 e. The van der Waals surface area contributed by atoms with E-state index in [0.29, 0.717) is 0 Å². The van der Waals surface area contributed by atoms with Crippen molar-refractivity contribution in [3.63, 3.8) is 0 Å². The second-order valence-corrected chi connectivity index (χ2v) is 5.94. The van der Waals surface area contributed by atoms with Crippen LogP contribution in [-0.2, 0) is 9.59 Å². The van der Waals surface area contributed by atoms with Gasteiger partial charge in [0, 0.05) is 11.7 Å². The van der Waals surface area contributed by atoms with Gasteiger partial charge in [0.15, 0.2) is 0 Å². The van der Waals surface area contributed by atoms with Crippen molar-refractivity contribution in [2.45, 2.75) is 32.7 Å². The Morgan fingerprint density at radius 1 is 1.23 bits per heavy atom. The molecule has 2 aliphatic rings. The lowest BCUT2D eigenvalue weighted by atomic mass is 10.1. The van der Waals surface area contributed by atoms with Gasteiger partial charge in [-0.1, -0.05) is 18.2 Å². The summed E-state index contributed by atoms with van der Waals surface area (Å²) in [5.74, 6) is -0.648. The molecule has 1 aliphatic carbocycles. The number of benzene rings is 1. The average Bonchev–Trinajstić information content (AvgIpc) is 3.26. The van der Waals surface area contributed by atoms with Crippen LogP contribution in [0.4, 0.5) is 10.5 Å². The van der Waals surface area contributed by atoms with Crippen molar-refractivity contribution in [2.24, 2.45) is 0 Å². The number of imide groups is 1. The molecular weight excluding hydrogens is 282 g/mol. The third kappa shape index (κ3) is 2.68. The number of hydrogen-bond acceptors (Lipinski definition) is 3. The molecule has 1 aromatic carbocycles. The summed E-state index contributed by atoms with van der Waals surface area (Å²) in [6.07, 6.45) is 1.89. The quantitative estimate of drug-likeness (QED) is 0.860. The van der Waals surface area contributed by atoms with Crippen LogP contribution in [0.2, 0.25) is 0 Å². The minimum absolute atomic E-state index is 0.0974. The van der Waals surface area contributed by atoms with Crippen LogP contribution in [-0.4, -0.2) is 46.8 Å². The molecule has 1 saturated carbocycles.